The highest BCUT2D eigenvalue weighted by Gasteiger charge is 2.20. The number of aromatic nitrogens is 1. The number of carbonyl (C=O) groups excluding carboxylic acids is 1. The van der Waals surface area contributed by atoms with Crippen LogP contribution >= 0.6 is 0 Å². The second-order valence-corrected chi connectivity index (χ2v) is 5.87. The number of hydrogen-bond acceptors (Lipinski definition) is 5. The summed E-state index contributed by atoms with van der Waals surface area (Å²) in [5, 5.41) is 6.13. The van der Waals surface area contributed by atoms with Crippen molar-refractivity contribution >= 4 is 11.7 Å². The average molecular weight is 304 g/mol. The van der Waals surface area contributed by atoms with Crippen molar-refractivity contribution in [1.82, 2.24) is 15.6 Å². The summed E-state index contributed by atoms with van der Waals surface area (Å²) in [6, 6.07) is 3.80. The largest absolute Gasteiger partial charge is 0.378 e. The Hall–Kier alpha value is -1.66. The third kappa shape index (κ3) is 3.96. The van der Waals surface area contributed by atoms with E-state index in [2.05, 4.69) is 26.6 Å². The molecule has 2 fully saturated rings. The standard InChI is InChI=1S/C16H24N4O2/c21-16(14-12-22-9-6-17-14)19-11-13-4-5-18-15(10-13)20-7-2-1-3-8-20/h4-5,10,14,17H,1-3,6-9,11-12H2,(H,19,21). The van der Waals surface area contributed by atoms with Crippen LogP contribution in [-0.2, 0) is 16.1 Å². The number of hydrogen-bond donors (Lipinski definition) is 2. The van der Waals surface area contributed by atoms with Gasteiger partial charge in [0.05, 0.1) is 13.2 Å². The minimum atomic E-state index is -0.239. The van der Waals surface area contributed by atoms with E-state index in [1.807, 2.05) is 12.3 Å². The fraction of sp³-hybridized carbons (Fsp3) is 0.625. The van der Waals surface area contributed by atoms with Crippen LogP contribution in [0.4, 0.5) is 5.82 Å². The van der Waals surface area contributed by atoms with Gasteiger partial charge in [-0.1, -0.05) is 0 Å². The molecular weight excluding hydrogens is 280 g/mol. The Kier molecular flexibility index (Phi) is 5.24. The lowest BCUT2D eigenvalue weighted by atomic mass is 10.1. The number of nitrogens with zero attached hydrogens (tertiary/aromatic N) is 2. The first-order chi connectivity index (χ1) is 10.8. The number of anilines is 1. The van der Waals surface area contributed by atoms with Gasteiger partial charge in [0.15, 0.2) is 0 Å². The fourth-order valence-electron chi connectivity index (χ4n) is 2.91. The van der Waals surface area contributed by atoms with E-state index in [0.29, 0.717) is 19.8 Å². The molecule has 1 unspecified atom stereocenters. The number of amides is 1. The maximum absolute atomic E-state index is 12.1. The Labute approximate surface area is 131 Å². The van der Waals surface area contributed by atoms with Gasteiger partial charge in [0.1, 0.15) is 11.9 Å². The van der Waals surface area contributed by atoms with E-state index in [9.17, 15) is 4.79 Å². The van der Waals surface area contributed by atoms with Gasteiger partial charge in [0, 0.05) is 32.4 Å². The SMILES string of the molecule is O=C(NCc1ccnc(N2CCCCC2)c1)C1COCCN1. The Bertz CT molecular complexity index is 497. The third-order valence-corrected chi connectivity index (χ3v) is 4.19. The number of piperidine rings is 1. The summed E-state index contributed by atoms with van der Waals surface area (Å²) in [5.74, 6) is 1.02. The van der Waals surface area contributed by atoms with Gasteiger partial charge >= 0.3 is 0 Å². The third-order valence-electron chi connectivity index (χ3n) is 4.19. The summed E-state index contributed by atoms with van der Waals surface area (Å²) >= 11 is 0. The molecule has 1 amide bonds. The van der Waals surface area contributed by atoms with Gasteiger partial charge in [-0.15, -0.1) is 0 Å². The van der Waals surface area contributed by atoms with Crippen LogP contribution in [0.2, 0.25) is 0 Å². The summed E-state index contributed by atoms with van der Waals surface area (Å²) in [5.41, 5.74) is 1.08. The van der Waals surface area contributed by atoms with Crippen molar-refractivity contribution in [3.05, 3.63) is 23.9 Å². The first-order valence-electron chi connectivity index (χ1n) is 8.11. The molecule has 22 heavy (non-hydrogen) atoms. The highest BCUT2D eigenvalue weighted by atomic mass is 16.5. The van der Waals surface area contributed by atoms with E-state index in [1.165, 1.54) is 19.3 Å². The van der Waals surface area contributed by atoms with Gasteiger partial charge < -0.3 is 20.3 Å². The monoisotopic (exact) mass is 304 g/mol. The molecule has 2 aliphatic heterocycles. The van der Waals surface area contributed by atoms with Crippen LogP contribution in [0, 0.1) is 0 Å². The molecule has 120 valence electrons. The minimum absolute atomic E-state index is 0.00367. The van der Waals surface area contributed by atoms with Crippen molar-refractivity contribution < 1.29 is 9.53 Å². The Balaban J connectivity index is 1.54. The number of rotatable bonds is 4. The molecule has 0 saturated carbocycles. The normalized spacial score (nSPS) is 22.4. The topological polar surface area (TPSA) is 66.5 Å². The van der Waals surface area contributed by atoms with Crippen molar-refractivity contribution in [2.24, 2.45) is 0 Å². The molecule has 1 aromatic heterocycles. The molecule has 3 heterocycles. The lowest BCUT2D eigenvalue weighted by molar-refractivity contribution is -0.126. The quantitative estimate of drug-likeness (QED) is 0.856. The Morgan fingerprint density at radius 3 is 3.05 bits per heavy atom. The molecule has 0 radical (unpaired) electrons. The Morgan fingerprint density at radius 2 is 2.27 bits per heavy atom. The van der Waals surface area contributed by atoms with E-state index >= 15 is 0 Å². The molecule has 2 saturated heterocycles. The van der Waals surface area contributed by atoms with E-state index < -0.39 is 0 Å². The van der Waals surface area contributed by atoms with Crippen LogP contribution < -0.4 is 15.5 Å². The van der Waals surface area contributed by atoms with Gasteiger partial charge in [-0.3, -0.25) is 4.79 Å². The first-order valence-corrected chi connectivity index (χ1v) is 8.11. The number of pyridine rings is 1. The van der Waals surface area contributed by atoms with Crippen molar-refractivity contribution in [2.45, 2.75) is 31.8 Å². The smallest absolute Gasteiger partial charge is 0.239 e. The molecule has 2 aliphatic rings. The van der Waals surface area contributed by atoms with Crippen molar-refractivity contribution in [3.8, 4) is 0 Å². The van der Waals surface area contributed by atoms with Crippen molar-refractivity contribution in [2.75, 3.05) is 37.7 Å². The molecule has 2 N–H and O–H groups in total. The summed E-state index contributed by atoms with van der Waals surface area (Å²) in [7, 11) is 0. The predicted molar refractivity (Wildman–Crippen MR) is 84.8 cm³/mol. The maximum atomic E-state index is 12.1. The lowest BCUT2D eigenvalue weighted by Crippen LogP contribution is -2.51. The highest BCUT2D eigenvalue weighted by molar-refractivity contribution is 5.82. The molecule has 0 aliphatic carbocycles. The molecule has 0 bridgehead atoms. The molecule has 6 nitrogen and oxygen atoms in total. The number of ether oxygens (including phenoxy) is 1. The first kappa shape index (κ1) is 15.2. The minimum Gasteiger partial charge on any atom is -0.378 e. The van der Waals surface area contributed by atoms with Crippen molar-refractivity contribution in [3.63, 3.8) is 0 Å². The summed E-state index contributed by atoms with van der Waals surface area (Å²) < 4.78 is 5.31. The second-order valence-electron chi connectivity index (χ2n) is 5.87. The summed E-state index contributed by atoms with van der Waals surface area (Å²) in [6.07, 6.45) is 5.60. The van der Waals surface area contributed by atoms with Gasteiger partial charge in [-0.05, 0) is 37.0 Å². The number of nitrogens with one attached hydrogen (secondary N) is 2. The fourth-order valence-corrected chi connectivity index (χ4v) is 2.91. The van der Waals surface area contributed by atoms with Gasteiger partial charge in [0.2, 0.25) is 5.91 Å². The number of morpholine rings is 1. The van der Waals surface area contributed by atoms with Gasteiger partial charge in [-0.2, -0.15) is 0 Å². The molecule has 6 heteroatoms. The molecular formula is C16H24N4O2. The molecule has 0 spiro atoms. The van der Waals surface area contributed by atoms with E-state index in [4.69, 9.17) is 4.74 Å². The molecule has 0 aromatic carbocycles. The zero-order valence-corrected chi connectivity index (χ0v) is 12.9. The maximum Gasteiger partial charge on any atom is 0.239 e. The summed E-state index contributed by atoms with van der Waals surface area (Å²) in [4.78, 5) is 18.9. The van der Waals surface area contributed by atoms with Crippen LogP contribution in [0.1, 0.15) is 24.8 Å². The van der Waals surface area contributed by atoms with Crippen LogP contribution in [-0.4, -0.2) is 49.8 Å². The zero-order chi connectivity index (χ0) is 15.2. The zero-order valence-electron chi connectivity index (χ0n) is 12.9. The predicted octanol–water partition coefficient (Wildman–Crippen LogP) is 0.676. The van der Waals surface area contributed by atoms with Crippen LogP contribution in [0.3, 0.4) is 0 Å². The second kappa shape index (κ2) is 7.56. The van der Waals surface area contributed by atoms with Gasteiger partial charge in [0.25, 0.3) is 0 Å². The molecule has 3 rings (SSSR count). The molecule has 1 aromatic rings. The van der Waals surface area contributed by atoms with Gasteiger partial charge in [-0.25, -0.2) is 4.98 Å². The molecule has 1 atom stereocenters. The van der Waals surface area contributed by atoms with E-state index in [-0.39, 0.29) is 11.9 Å². The summed E-state index contributed by atoms with van der Waals surface area (Å²) in [6.45, 7) is 4.53. The lowest BCUT2D eigenvalue weighted by Gasteiger charge is -2.28. The number of carbonyl (C=O) groups is 1. The van der Waals surface area contributed by atoms with E-state index in [1.54, 1.807) is 0 Å². The van der Waals surface area contributed by atoms with E-state index in [0.717, 1.165) is 31.0 Å². The average Bonchev–Trinajstić information content (AvgIpc) is 2.61. The van der Waals surface area contributed by atoms with Crippen LogP contribution in [0.15, 0.2) is 18.3 Å². The Morgan fingerprint density at radius 1 is 1.41 bits per heavy atom. The van der Waals surface area contributed by atoms with Crippen LogP contribution in [0.5, 0.6) is 0 Å². The van der Waals surface area contributed by atoms with Crippen molar-refractivity contribution in [1.29, 1.82) is 0 Å². The highest BCUT2D eigenvalue weighted by Crippen LogP contribution is 2.18. The van der Waals surface area contributed by atoms with Crippen LogP contribution in [0.25, 0.3) is 0 Å².